The summed E-state index contributed by atoms with van der Waals surface area (Å²) in [6.45, 7) is 3.17. The fourth-order valence-corrected chi connectivity index (χ4v) is 3.40. The highest BCUT2D eigenvalue weighted by molar-refractivity contribution is 5.86. The summed E-state index contributed by atoms with van der Waals surface area (Å²) in [7, 11) is 1.45. The van der Waals surface area contributed by atoms with Crippen molar-refractivity contribution in [3.05, 3.63) is 65.6 Å². The van der Waals surface area contributed by atoms with Crippen molar-refractivity contribution in [2.24, 2.45) is 11.5 Å². The average Bonchev–Trinajstić information content (AvgIpc) is 3.31. The normalized spacial score (nSPS) is 11.6. The number of carbonyl (C=O) groups excluding carboxylic acids is 3. The van der Waals surface area contributed by atoms with Gasteiger partial charge in [0.1, 0.15) is 12.6 Å². The van der Waals surface area contributed by atoms with Crippen LogP contribution in [0.15, 0.2) is 48.5 Å². The number of carbonyl (C=O) groups is 3. The minimum atomic E-state index is -1.14. The minimum Gasteiger partial charge on any atom is -0.443 e. The van der Waals surface area contributed by atoms with E-state index in [-0.39, 0.29) is 56.9 Å². The third-order valence-electron chi connectivity index (χ3n) is 5.43. The number of Topliss-reactive ketones (excluding diaryl/α,β-unsaturated/α-hetero) is 1. The van der Waals surface area contributed by atoms with Crippen LogP contribution in [0.2, 0.25) is 0 Å². The SMILES string of the molecule is CN(CC(=O)CN)C(=O)OCc1cccc2nnc([C@@H](COCc3ccccc3)NC(=O)C(C)(C)N)n12.Cl.Cl. The van der Waals surface area contributed by atoms with Crippen LogP contribution >= 0.6 is 24.8 Å². The largest absolute Gasteiger partial charge is 0.443 e. The summed E-state index contributed by atoms with van der Waals surface area (Å²) in [6.07, 6.45) is -0.686. The van der Waals surface area contributed by atoms with E-state index in [1.165, 1.54) is 7.05 Å². The molecule has 2 heterocycles. The van der Waals surface area contributed by atoms with Crippen molar-refractivity contribution in [1.82, 2.24) is 24.8 Å². The number of rotatable bonds is 12. The van der Waals surface area contributed by atoms with Gasteiger partial charge < -0.3 is 31.2 Å². The molecule has 2 aromatic heterocycles. The van der Waals surface area contributed by atoms with Crippen LogP contribution in [0.3, 0.4) is 0 Å². The van der Waals surface area contributed by atoms with Gasteiger partial charge in [-0.05, 0) is 31.5 Å². The number of likely N-dealkylation sites (N-methyl/N-ethyl adjacent to an activating group) is 1. The molecule has 39 heavy (non-hydrogen) atoms. The van der Waals surface area contributed by atoms with Gasteiger partial charge in [0.05, 0.1) is 37.5 Å². The lowest BCUT2D eigenvalue weighted by Crippen LogP contribution is -2.51. The highest BCUT2D eigenvalue weighted by atomic mass is 35.5. The summed E-state index contributed by atoms with van der Waals surface area (Å²) in [5, 5.41) is 11.4. The summed E-state index contributed by atoms with van der Waals surface area (Å²) in [5.41, 5.74) is 12.2. The number of hydrogen-bond acceptors (Lipinski definition) is 9. The Bertz CT molecular complexity index is 1230. The number of pyridine rings is 1. The summed E-state index contributed by atoms with van der Waals surface area (Å²) in [5.74, 6) is -0.300. The van der Waals surface area contributed by atoms with Crippen LogP contribution < -0.4 is 16.8 Å². The molecule has 0 radical (unpaired) electrons. The second-order valence-electron chi connectivity index (χ2n) is 9.17. The second kappa shape index (κ2) is 15.3. The number of benzene rings is 1. The summed E-state index contributed by atoms with van der Waals surface area (Å²) < 4.78 is 13.0. The van der Waals surface area contributed by atoms with Crippen LogP contribution in [0.4, 0.5) is 4.79 Å². The molecule has 0 aliphatic rings. The van der Waals surface area contributed by atoms with Crippen molar-refractivity contribution in [3.63, 3.8) is 0 Å². The van der Waals surface area contributed by atoms with E-state index in [9.17, 15) is 14.4 Å². The van der Waals surface area contributed by atoms with Crippen LogP contribution in [0.25, 0.3) is 5.65 Å². The first-order valence-corrected chi connectivity index (χ1v) is 11.7. The predicted octanol–water partition coefficient (Wildman–Crippen LogP) is 1.78. The van der Waals surface area contributed by atoms with Gasteiger partial charge in [-0.2, -0.15) is 0 Å². The molecular formula is C25H35Cl2N7O5. The van der Waals surface area contributed by atoms with Gasteiger partial charge in [-0.15, -0.1) is 35.0 Å². The molecule has 14 heteroatoms. The quantitative estimate of drug-likeness (QED) is 0.288. The van der Waals surface area contributed by atoms with Gasteiger partial charge in [0.15, 0.2) is 17.3 Å². The van der Waals surface area contributed by atoms with Gasteiger partial charge in [0.25, 0.3) is 0 Å². The van der Waals surface area contributed by atoms with E-state index in [0.29, 0.717) is 23.8 Å². The molecule has 0 aliphatic carbocycles. The molecule has 0 bridgehead atoms. The molecule has 0 unspecified atom stereocenters. The van der Waals surface area contributed by atoms with E-state index < -0.39 is 23.6 Å². The zero-order valence-corrected chi connectivity index (χ0v) is 23.7. The van der Waals surface area contributed by atoms with Gasteiger partial charge in [-0.1, -0.05) is 36.4 Å². The predicted molar refractivity (Wildman–Crippen MR) is 150 cm³/mol. The van der Waals surface area contributed by atoms with Gasteiger partial charge in [-0.3, -0.25) is 14.0 Å². The third kappa shape index (κ3) is 9.44. The molecule has 0 fully saturated rings. The summed E-state index contributed by atoms with van der Waals surface area (Å²) in [4.78, 5) is 37.8. The molecule has 1 aromatic carbocycles. The number of nitrogens with one attached hydrogen (secondary N) is 1. The number of nitrogens with zero attached hydrogens (tertiary/aromatic N) is 4. The first-order valence-electron chi connectivity index (χ1n) is 11.7. The van der Waals surface area contributed by atoms with Crippen LogP contribution in [0, 0.1) is 0 Å². The molecular weight excluding hydrogens is 549 g/mol. The molecule has 1 atom stereocenters. The Kier molecular flexibility index (Phi) is 13.3. The van der Waals surface area contributed by atoms with E-state index in [1.54, 1.807) is 36.4 Å². The molecule has 3 rings (SSSR count). The van der Waals surface area contributed by atoms with Crippen LogP contribution in [-0.4, -0.2) is 69.6 Å². The fraction of sp³-hybridized carbons (Fsp3) is 0.400. The zero-order valence-electron chi connectivity index (χ0n) is 22.0. The van der Waals surface area contributed by atoms with Gasteiger partial charge in [-0.25, -0.2) is 4.79 Å². The average molecular weight is 585 g/mol. The Hall–Kier alpha value is -3.29. The topological polar surface area (TPSA) is 167 Å². The molecule has 5 N–H and O–H groups in total. The first-order chi connectivity index (χ1) is 17.6. The standard InChI is InChI=1S/C25H33N7O5.2ClH/c1-25(2,27)23(34)28-20(16-36-14-17-8-5-4-6-9-17)22-30-29-21-11-7-10-18(32(21)22)15-37-24(35)31(3)13-19(33)12-26;;/h4-11,20H,12-16,26-27H2,1-3H3,(H,28,34);2*1H/t20-;;/m1../s1. The maximum Gasteiger partial charge on any atom is 0.410 e. The number of fused-ring (bicyclic) bond motifs is 1. The number of ether oxygens (including phenoxy) is 2. The molecule has 0 aliphatic heterocycles. The Balaban J connectivity index is 0.00000380. The van der Waals surface area contributed by atoms with Crippen molar-refractivity contribution < 1.29 is 23.9 Å². The first kappa shape index (κ1) is 33.7. The number of ketones is 1. The third-order valence-corrected chi connectivity index (χ3v) is 5.43. The van der Waals surface area contributed by atoms with Gasteiger partial charge >= 0.3 is 6.09 Å². The van der Waals surface area contributed by atoms with E-state index in [2.05, 4.69) is 15.5 Å². The van der Waals surface area contributed by atoms with Crippen molar-refractivity contribution in [2.75, 3.05) is 26.7 Å². The number of aromatic nitrogens is 3. The molecule has 0 spiro atoms. The van der Waals surface area contributed by atoms with Crippen molar-refractivity contribution >= 4 is 48.2 Å². The Morgan fingerprint density at radius 2 is 1.74 bits per heavy atom. The lowest BCUT2D eigenvalue weighted by molar-refractivity contribution is -0.126. The molecule has 0 saturated carbocycles. The molecule has 214 valence electrons. The van der Waals surface area contributed by atoms with E-state index >= 15 is 0 Å². The minimum absolute atomic E-state index is 0. The van der Waals surface area contributed by atoms with Crippen LogP contribution in [0.5, 0.6) is 0 Å². The fourth-order valence-electron chi connectivity index (χ4n) is 3.40. The van der Waals surface area contributed by atoms with E-state index in [1.807, 2.05) is 30.3 Å². The second-order valence-corrected chi connectivity index (χ2v) is 9.17. The Morgan fingerprint density at radius 1 is 1.05 bits per heavy atom. The van der Waals surface area contributed by atoms with Gasteiger partial charge in [0.2, 0.25) is 5.91 Å². The van der Waals surface area contributed by atoms with Gasteiger partial charge in [0, 0.05) is 7.05 Å². The van der Waals surface area contributed by atoms with E-state index in [0.717, 1.165) is 10.5 Å². The maximum absolute atomic E-state index is 12.8. The number of nitrogens with two attached hydrogens (primary N) is 2. The summed E-state index contributed by atoms with van der Waals surface area (Å²) in [6, 6.07) is 14.2. The molecule has 12 nitrogen and oxygen atoms in total. The molecule has 0 saturated heterocycles. The molecule has 2 amide bonds. The number of amides is 2. The lowest BCUT2D eigenvalue weighted by atomic mass is 10.1. The Labute approximate surface area is 239 Å². The highest BCUT2D eigenvalue weighted by Crippen LogP contribution is 2.18. The number of halogens is 2. The van der Waals surface area contributed by atoms with Crippen molar-refractivity contribution in [1.29, 1.82) is 0 Å². The maximum atomic E-state index is 12.8. The number of hydrogen-bond donors (Lipinski definition) is 3. The Morgan fingerprint density at radius 3 is 2.38 bits per heavy atom. The van der Waals surface area contributed by atoms with E-state index in [4.69, 9.17) is 20.9 Å². The highest BCUT2D eigenvalue weighted by Gasteiger charge is 2.28. The lowest BCUT2D eigenvalue weighted by Gasteiger charge is -2.24. The monoisotopic (exact) mass is 583 g/mol. The van der Waals surface area contributed by atoms with Crippen LogP contribution in [-0.2, 0) is 32.3 Å². The smallest absolute Gasteiger partial charge is 0.410 e. The molecule has 3 aromatic rings. The zero-order chi connectivity index (χ0) is 27.0. The van der Waals surface area contributed by atoms with Crippen LogP contribution in [0.1, 0.15) is 37.0 Å². The van der Waals surface area contributed by atoms with Crippen molar-refractivity contribution in [3.8, 4) is 0 Å². The van der Waals surface area contributed by atoms with Crippen molar-refractivity contribution in [2.45, 2.75) is 38.6 Å². The summed E-state index contributed by atoms with van der Waals surface area (Å²) >= 11 is 0.